The van der Waals surface area contributed by atoms with Crippen molar-refractivity contribution in [2.75, 3.05) is 0 Å². The number of Topliss-reactive ketones (excluding diaryl/α,β-unsaturated/α-hetero) is 1. The second-order valence-electron chi connectivity index (χ2n) is 6.02. The Balaban J connectivity index is 2.28. The maximum Gasteiger partial charge on any atom is 0.162 e. The average Bonchev–Trinajstić information content (AvgIpc) is 2.69. The van der Waals surface area contributed by atoms with Crippen molar-refractivity contribution in [3.63, 3.8) is 0 Å². The van der Waals surface area contributed by atoms with Crippen LogP contribution in [0.1, 0.15) is 53.7 Å². The van der Waals surface area contributed by atoms with Gasteiger partial charge in [-0.3, -0.25) is 4.79 Å². The van der Waals surface area contributed by atoms with Gasteiger partial charge >= 0.3 is 0 Å². The van der Waals surface area contributed by atoms with Gasteiger partial charge in [-0.1, -0.05) is 55.8 Å². The van der Waals surface area contributed by atoms with Crippen LogP contribution in [0, 0.1) is 6.92 Å². The lowest BCUT2D eigenvalue weighted by molar-refractivity contribution is 0.0987. The summed E-state index contributed by atoms with van der Waals surface area (Å²) in [5.74, 6) is 0.226. The molecular weight excluding hydrogens is 268 g/mol. The van der Waals surface area contributed by atoms with Crippen molar-refractivity contribution in [1.29, 1.82) is 0 Å². The SMILES string of the molecule is CCC(=O)c1cc2c(cc1C)-c1ccccc1CC(CC)=C2. The highest BCUT2D eigenvalue weighted by atomic mass is 16.1. The molecule has 1 aliphatic carbocycles. The van der Waals surface area contributed by atoms with Gasteiger partial charge in [0.1, 0.15) is 0 Å². The summed E-state index contributed by atoms with van der Waals surface area (Å²) in [5.41, 5.74) is 8.48. The Morgan fingerprint density at radius 3 is 2.59 bits per heavy atom. The Hall–Kier alpha value is -2.15. The molecule has 1 aliphatic rings. The van der Waals surface area contributed by atoms with Crippen LogP contribution in [0.5, 0.6) is 0 Å². The second kappa shape index (κ2) is 5.92. The van der Waals surface area contributed by atoms with Gasteiger partial charge in [0.25, 0.3) is 0 Å². The highest BCUT2D eigenvalue weighted by Crippen LogP contribution is 2.36. The number of carbonyl (C=O) groups is 1. The molecule has 22 heavy (non-hydrogen) atoms. The van der Waals surface area contributed by atoms with Crippen LogP contribution in [-0.4, -0.2) is 5.78 Å². The van der Waals surface area contributed by atoms with Gasteiger partial charge in [0.15, 0.2) is 5.78 Å². The summed E-state index contributed by atoms with van der Waals surface area (Å²) in [6, 6.07) is 12.9. The molecule has 0 aromatic heterocycles. The summed E-state index contributed by atoms with van der Waals surface area (Å²) in [4.78, 5) is 12.2. The third-order valence-corrected chi connectivity index (χ3v) is 4.56. The zero-order valence-electron chi connectivity index (χ0n) is 13.6. The zero-order valence-corrected chi connectivity index (χ0v) is 13.6. The van der Waals surface area contributed by atoms with E-state index in [1.807, 2.05) is 13.8 Å². The van der Waals surface area contributed by atoms with Crippen LogP contribution in [-0.2, 0) is 6.42 Å². The molecule has 0 saturated heterocycles. The fourth-order valence-corrected chi connectivity index (χ4v) is 3.25. The summed E-state index contributed by atoms with van der Waals surface area (Å²) in [7, 11) is 0. The van der Waals surface area contributed by atoms with Gasteiger partial charge in [0.2, 0.25) is 0 Å². The number of ketones is 1. The minimum absolute atomic E-state index is 0.226. The molecule has 2 aromatic carbocycles. The van der Waals surface area contributed by atoms with E-state index in [0.29, 0.717) is 6.42 Å². The molecule has 0 radical (unpaired) electrons. The number of aryl methyl sites for hydroxylation is 1. The maximum absolute atomic E-state index is 12.2. The lowest BCUT2D eigenvalue weighted by Gasteiger charge is -2.13. The van der Waals surface area contributed by atoms with Crippen molar-refractivity contribution in [3.8, 4) is 11.1 Å². The van der Waals surface area contributed by atoms with Gasteiger partial charge in [0, 0.05) is 12.0 Å². The van der Waals surface area contributed by atoms with Crippen molar-refractivity contribution >= 4 is 11.9 Å². The third kappa shape index (κ3) is 2.52. The molecule has 0 atom stereocenters. The highest BCUT2D eigenvalue weighted by Gasteiger charge is 2.17. The Morgan fingerprint density at radius 1 is 1.09 bits per heavy atom. The molecule has 112 valence electrons. The zero-order chi connectivity index (χ0) is 15.7. The predicted molar refractivity (Wildman–Crippen MR) is 93.2 cm³/mol. The van der Waals surface area contributed by atoms with Gasteiger partial charge < -0.3 is 0 Å². The summed E-state index contributed by atoms with van der Waals surface area (Å²) in [5, 5.41) is 0. The van der Waals surface area contributed by atoms with E-state index in [0.717, 1.165) is 24.0 Å². The van der Waals surface area contributed by atoms with Crippen LogP contribution in [0.2, 0.25) is 0 Å². The molecule has 0 amide bonds. The van der Waals surface area contributed by atoms with E-state index in [-0.39, 0.29) is 5.78 Å². The van der Waals surface area contributed by atoms with Crippen LogP contribution >= 0.6 is 0 Å². The van der Waals surface area contributed by atoms with E-state index in [1.165, 1.54) is 27.8 Å². The quantitative estimate of drug-likeness (QED) is 0.672. The standard InChI is InChI=1S/C21H22O/c1-4-15-11-16-8-6-7-9-18(16)20-10-14(3)19(21(22)5-2)13-17(20)12-15/h6-10,12-13H,4-5,11H2,1-3H3. The number of fused-ring (bicyclic) bond motifs is 3. The third-order valence-electron chi connectivity index (χ3n) is 4.56. The van der Waals surface area contributed by atoms with E-state index >= 15 is 0 Å². The molecule has 0 N–H and O–H groups in total. The van der Waals surface area contributed by atoms with Crippen LogP contribution in [0.25, 0.3) is 17.2 Å². The Bertz CT molecular complexity index is 765. The molecule has 0 aliphatic heterocycles. The first-order valence-electron chi connectivity index (χ1n) is 8.09. The topological polar surface area (TPSA) is 17.1 Å². The van der Waals surface area contributed by atoms with Gasteiger partial charge in [-0.15, -0.1) is 0 Å². The van der Waals surface area contributed by atoms with E-state index < -0.39 is 0 Å². The lowest BCUT2D eigenvalue weighted by Crippen LogP contribution is -2.01. The molecule has 0 heterocycles. The molecule has 0 fully saturated rings. The summed E-state index contributed by atoms with van der Waals surface area (Å²) in [6.45, 7) is 6.17. The molecule has 0 bridgehead atoms. The van der Waals surface area contributed by atoms with E-state index in [1.54, 1.807) is 0 Å². The first kappa shape index (κ1) is 14.8. The van der Waals surface area contributed by atoms with E-state index in [2.05, 4.69) is 49.4 Å². The van der Waals surface area contributed by atoms with Gasteiger partial charge in [-0.05, 0) is 53.6 Å². The van der Waals surface area contributed by atoms with Crippen molar-refractivity contribution in [2.24, 2.45) is 0 Å². The van der Waals surface area contributed by atoms with Crippen LogP contribution in [0.3, 0.4) is 0 Å². The fraction of sp³-hybridized carbons (Fsp3) is 0.286. The molecular formula is C21H22O. The normalized spacial score (nSPS) is 13.0. The van der Waals surface area contributed by atoms with Crippen molar-refractivity contribution in [3.05, 3.63) is 64.2 Å². The molecule has 0 saturated carbocycles. The van der Waals surface area contributed by atoms with E-state index in [9.17, 15) is 4.79 Å². The van der Waals surface area contributed by atoms with Crippen LogP contribution in [0.4, 0.5) is 0 Å². The van der Waals surface area contributed by atoms with E-state index in [4.69, 9.17) is 0 Å². The fourth-order valence-electron chi connectivity index (χ4n) is 3.25. The van der Waals surface area contributed by atoms with Crippen LogP contribution < -0.4 is 0 Å². The molecule has 1 heteroatoms. The first-order chi connectivity index (χ1) is 10.6. The number of rotatable bonds is 3. The second-order valence-corrected chi connectivity index (χ2v) is 6.02. The first-order valence-corrected chi connectivity index (χ1v) is 8.09. The predicted octanol–water partition coefficient (Wildman–Crippen LogP) is 5.60. The summed E-state index contributed by atoms with van der Waals surface area (Å²) >= 11 is 0. The average molecular weight is 290 g/mol. The Labute approximate surface area is 132 Å². The number of hydrogen-bond donors (Lipinski definition) is 0. The number of hydrogen-bond acceptors (Lipinski definition) is 1. The molecule has 2 aromatic rings. The van der Waals surface area contributed by atoms with Gasteiger partial charge in [0.05, 0.1) is 0 Å². The Morgan fingerprint density at radius 2 is 1.86 bits per heavy atom. The number of allylic oxidation sites excluding steroid dienone is 1. The van der Waals surface area contributed by atoms with Crippen molar-refractivity contribution < 1.29 is 4.79 Å². The molecule has 0 unspecified atom stereocenters. The Kier molecular flexibility index (Phi) is 3.98. The van der Waals surface area contributed by atoms with Crippen molar-refractivity contribution in [1.82, 2.24) is 0 Å². The van der Waals surface area contributed by atoms with Crippen LogP contribution in [0.15, 0.2) is 42.0 Å². The molecule has 3 rings (SSSR count). The van der Waals surface area contributed by atoms with Crippen molar-refractivity contribution in [2.45, 2.75) is 40.0 Å². The lowest BCUT2D eigenvalue weighted by atomic mass is 9.91. The largest absolute Gasteiger partial charge is 0.294 e. The van der Waals surface area contributed by atoms with Gasteiger partial charge in [-0.2, -0.15) is 0 Å². The highest BCUT2D eigenvalue weighted by molar-refractivity contribution is 5.99. The van der Waals surface area contributed by atoms with Gasteiger partial charge in [-0.25, -0.2) is 0 Å². The minimum Gasteiger partial charge on any atom is -0.294 e. The molecule has 1 nitrogen and oxygen atoms in total. The summed E-state index contributed by atoms with van der Waals surface area (Å²) in [6.07, 6.45) is 4.87. The summed E-state index contributed by atoms with van der Waals surface area (Å²) < 4.78 is 0. The maximum atomic E-state index is 12.2. The monoisotopic (exact) mass is 290 g/mol. The minimum atomic E-state index is 0.226. The molecule has 0 spiro atoms. The number of benzene rings is 2. The number of carbonyl (C=O) groups excluding carboxylic acids is 1. The smallest absolute Gasteiger partial charge is 0.162 e.